The van der Waals surface area contributed by atoms with Crippen LogP contribution in [0.25, 0.3) is 11.1 Å². The van der Waals surface area contributed by atoms with Crippen LogP contribution >= 0.6 is 11.3 Å². The fourth-order valence-electron chi connectivity index (χ4n) is 3.79. The van der Waals surface area contributed by atoms with Gasteiger partial charge in [0.25, 0.3) is 0 Å². The minimum Gasteiger partial charge on any atom is -0.394 e. The Labute approximate surface area is 167 Å². The third-order valence-electron chi connectivity index (χ3n) is 5.33. The molecule has 0 amide bonds. The van der Waals surface area contributed by atoms with Crippen LogP contribution in [0.5, 0.6) is 0 Å². The second-order valence-corrected chi connectivity index (χ2v) is 7.70. The molecule has 0 saturated carbocycles. The molecule has 1 aliphatic rings. The summed E-state index contributed by atoms with van der Waals surface area (Å²) in [5, 5.41) is 22.5. The van der Waals surface area contributed by atoms with E-state index in [9.17, 15) is 14.8 Å². The predicted octanol–water partition coefficient (Wildman–Crippen LogP) is 4.37. The van der Waals surface area contributed by atoms with Crippen molar-refractivity contribution in [3.05, 3.63) is 71.0 Å². The molecule has 28 heavy (non-hydrogen) atoms. The van der Waals surface area contributed by atoms with Gasteiger partial charge in [0.2, 0.25) is 0 Å². The molecule has 6 heteroatoms. The normalized spacial score (nSPS) is 21.2. The van der Waals surface area contributed by atoms with E-state index in [1.165, 1.54) is 23.5 Å². The van der Waals surface area contributed by atoms with E-state index in [4.69, 9.17) is 0 Å². The Morgan fingerprint density at radius 2 is 1.79 bits per heavy atom. The zero-order chi connectivity index (χ0) is 19.7. The van der Waals surface area contributed by atoms with E-state index in [0.29, 0.717) is 0 Å². The average Bonchev–Trinajstić information content (AvgIpc) is 3.17. The number of hydrogen-bond acceptors (Lipinski definition) is 5. The molecule has 2 heterocycles. The van der Waals surface area contributed by atoms with Crippen molar-refractivity contribution in [2.45, 2.75) is 31.3 Å². The van der Waals surface area contributed by atoms with Crippen molar-refractivity contribution >= 4 is 16.5 Å². The number of anilines is 1. The number of nitriles is 1. The van der Waals surface area contributed by atoms with Crippen molar-refractivity contribution in [2.24, 2.45) is 0 Å². The highest BCUT2D eigenvalue weighted by Gasteiger charge is 2.50. The number of aliphatic hydroxyl groups excluding tert-OH is 1. The molecule has 2 aromatic carbocycles. The number of rotatable bonds is 5. The lowest BCUT2D eigenvalue weighted by molar-refractivity contribution is 0.187. The van der Waals surface area contributed by atoms with Crippen molar-refractivity contribution in [3.8, 4) is 17.2 Å². The van der Waals surface area contributed by atoms with Crippen LogP contribution in [0.1, 0.15) is 24.1 Å². The molecule has 4 nitrogen and oxygen atoms in total. The highest BCUT2D eigenvalue weighted by Crippen LogP contribution is 2.44. The number of thiazole rings is 1. The van der Waals surface area contributed by atoms with Crippen LogP contribution in [0.15, 0.2) is 53.9 Å². The van der Waals surface area contributed by atoms with E-state index in [0.717, 1.165) is 33.9 Å². The highest BCUT2D eigenvalue weighted by atomic mass is 32.1. The van der Waals surface area contributed by atoms with Gasteiger partial charge in [-0.15, -0.1) is 11.3 Å². The molecule has 0 bridgehead atoms. The second kappa shape index (κ2) is 7.70. The lowest BCUT2D eigenvalue weighted by Gasteiger charge is -2.51. The maximum absolute atomic E-state index is 13.1. The summed E-state index contributed by atoms with van der Waals surface area (Å²) in [7, 11) is 0. The number of hydrogen-bond donors (Lipinski definition) is 1. The van der Waals surface area contributed by atoms with Crippen molar-refractivity contribution in [3.63, 3.8) is 0 Å². The van der Waals surface area contributed by atoms with Gasteiger partial charge in [0.15, 0.2) is 5.13 Å². The monoisotopic (exact) mass is 393 g/mol. The molecule has 1 fully saturated rings. The first-order valence-corrected chi connectivity index (χ1v) is 10.1. The van der Waals surface area contributed by atoms with Gasteiger partial charge in [-0.2, -0.15) is 5.26 Å². The van der Waals surface area contributed by atoms with E-state index < -0.39 is 0 Å². The van der Waals surface area contributed by atoms with Gasteiger partial charge in [-0.25, -0.2) is 9.37 Å². The molecular weight excluding hydrogens is 373 g/mol. The predicted molar refractivity (Wildman–Crippen MR) is 109 cm³/mol. The fraction of sp³-hybridized carbons (Fsp3) is 0.273. The zero-order valence-corrected chi connectivity index (χ0v) is 16.2. The maximum Gasteiger partial charge on any atom is 0.186 e. The van der Waals surface area contributed by atoms with Crippen LogP contribution in [-0.2, 0) is 6.42 Å². The summed E-state index contributed by atoms with van der Waals surface area (Å²) in [6.07, 6.45) is 0.847. The lowest BCUT2D eigenvalue weighted by Crippen LogP contribution is -2.63. The molecule has 142 valence electrons. The van der Waals surface area contributed by atoms with E-state index in [-0.39, 0.29) is 30.4 Å². The first-order valence-electron chi connectivity index (χ1n) is 9.25. The van der Waals surface area contributed by atoms with Gasteiger partial charge in [-0.1, -0.05) is 43.3 Å². The van der Waals surface area contributed by atoms with E-state index in [1.54, 1.807) is 12.1 Å². The van der Waals surface area contributed by atoms with Crippen LogP contribution in [0.3, 0.4) is 0 Å². The number of aromatic nitrogens is 1. The van der Waals surface area contributed by atoms with Gasteiger partial charge >= 0.3 is 0 Å². The Balaban J connectivity index is 1.59. The summed E-state index contributed by atoms with van der Waals surface area (Å²) in [5.74, 6) is -0.336. The van der Waals surface area contributed by atoms with E-state index in [2.05, 4.69) is 11.1 Å². The Hall–Kier alpha value is -2.75. The molecule has 1 aliphatic heterocycles. The van der Waals surface area contributed by atoms with Crippen molar-refractivity contribution in [1.82, 2.24) is 4.98 Å². The lowest BCUT2D eigenvalue weighted by atomic mass is 9.76. The fourth-order valence-corrected chi connectivity index (χ4v) is 4.79. The number of halogens is 1. The minimum absolute atomic E-state index is 0.0381. The number of benzene rings is 2. The molecule has 3 atom stereocenters. The van der Waals surface area contributed by atoms with Crippen molar-refractivity contribution < 1.29 is 9.50 Å². The van der Waals surface area contributed by atoms with Crippen LogP contribution in [0.2, 0.25) is 0 Å². The third kappa shape index (κ3) is 3.17. The quantitative estimate of drug-likeness (QED) is 0.699. The average molecular weight is 393 g/mol. The summed E-state index contributed by atoms with van der Waals surface area (Å²) in [5.41, 5.74) is 3.94. The molecule has 1 saturated heterocycles. The van der Waals surface area contributed by atoms with Gasteiger partial charge in [-0.05, 0) is 35.2 Å². The van der Waals surface area contributed by atoms with Crippen molar-refractivity contribution in [2.75, 3.05) is 11.5 Å². The van der Waals surface area contributed by atoms with Crippen LogP contribution in [0, 0.1) is 17.1 Å². The molecule has 4 rings (SSSR count). The van der Waals surface area contributed by atoms with E-state index in [1.807, 2.05) is 41.5 Å². The first-order chi connectivity index (χ1) is 13.7. The SMILES string of the molecule is CCc1csc(N2[C@@H](C#N)[C@@H](c3ccc(-c4ccc(F)cc4)cc3)[C@@H]2CO)n1. The maximum atomic E-state index is 13.1. The van der Waals surface area contributed by atoms with Crippen molar-refractivity contribution in [1.29, 1.82) is 5.26 Å². The Morgan fingerprint density at radius 3 is 2.32 bits per heavy atom. The molecule has 0 spiro atoms. The number of aryl methyl sites for hydroxylation is 1. The minimum atomic E-state index is -0.357. The standard InChI is InChI=1S/C22H20FN3OS/c1-2-18-13-28-22(25-18)26-19(11-24)21(20(26)12-27)16-5-3-14(4-6-16)15-7-9-17(23)10-8-15/h3-10,13,19-21,27H,2,12H2,1H3/t19-,20-,21+/m0/s1. The summed E-state index contributed by atoms with van der Waals surface area (Å²) in [6, 6.07) is 16.2. The Morgan fingerprint density at radius 1 is 1.14 bits per heavy atom. The van der Waals surface area contributed by atoms with Crippen LogP contribution in [0.4, 0.5) is 9.52 Å². The van der Waals surface area contributed by atoms with Gasteiger partial charge in [0.1, 0.15) is 11.9 Å². The number of nitrogens with zero attached hydrogens (tertiary/aromatic N) is 3. The molecule has 0 unspecified atom stereocenters. The Bertz CT molecular complexity index is 994. The zero-order valence-electron chi connectivity index (χ0n) is 15.4. The topological polar surface area (TPSA) is 60.2 Å². The summed E-state index contributed by atoms with van der Waals surface area (Å²) >= 11 is 1.52. The highest BCUT2D eigenvalue weighted by molar-refractivity contribution is 7.13. The van der Waals surface area contributed by atoms with Gasteiger partial charge < -0.3 is 10.0 Å². The third-order valence-corrected chi connectivity index (χ3v) is 6.23. The molecule has 1 N–H and O–H groups in total. The van der Waals surface area contributed by atoms with Gasteiger partial charge in [-0.3, -0.25) is 0 Å². The first kappa shape index (κ1) is 18.6. The molecule has 0 radical (unpaired) electrons. The number of aliphatic hydroxyl groups is 1. The summed E-state index contributed by atoms with van der Waals surface area (Å²) < 4.78 is 13.1. The Kier molecular flexibility index (Phi) is 5.12. The molecule has 0 aliphatic carbocycles. The van der Waals surface area contributed by atoms with Gasteiger partial charge in [0.05, 0.1) is 24.4 Å². The molecule has 1 aromatic heterocycles. The smallest absolute Gasteiger partial charge is 0.186 e. The summed E-state index contributed by atoms with van der Waals surface area (Å²) in [6.45, 7) is 2.01. The molecular formula is C22H20FN3OS. The largest absolute Gasteiger partial charge is 0.394 e. The van der Waals surface area contributed by atoms with Crippen LogP contribution in [-0.4, -0.2) is 28.8 Å². The molecule has 3 aromatic rings. The summed E-state index contributed by atoms with van der Waals surface area (Å²) in [4.78, 5) is 6.52. The van der Waals surface area contributed by atoms with Gasteiger partial charge in [0, 0.05) is 11.3 Å². The van der Waals surface area contributed by atoms with E-state index >= 15 is 0 Å². The van der Waals surface area contributed by atoms with Crippen LogP contribution < -0.4 is 4.90 Å². The second-order valence-electron chi connectivity index (χ2n) is 6.86.